The highest BCUT2D eigenvalue weighted by Gasteiger charge is 2.35. The van der Waals surface area contributed by atoms with E-state index < -0.39 is 6.03 Å². The average Bonchev–Trinajstić information content (AvgIpc) is 3.57. The van der Waals surface area contributed by atoms with Crippen molar-refractivity contribution in [2.24, 2.45) is 0 Å². The lowest BCUT2D eigenvalue weighted by atomic mass is 10.2. The maximum Gasteiger partial charge on any atom is 0.322 e. The number of nitrogens with zero attached hydrogens (tertiary/aromatic N) is 2. The molecule has 0 atom stereocenters. The molecule has 0 bridgehead atoms. The van der Waals surface area contributed by atoms with Gasteiger partial charge in [-0.15, -0.1) is 11.3 Å². The second-order valence-electron chi connectivity index (χ2n) is 8.29. The Kier molecular flexibility index (Phi) is 7.76. The minimum Gasteiger partial charge on any atom is -0.332 e. The van der Waals surface area contributed by atoms with Gasteiger partial charge in [-0.2, -0.15) is 0 Å². The van der Waals surface area contributed by atoms with Crippen LogP contribution in [0.2, 0.25) is 10.0 Å². The number of aryl methyl sites for hydroxylation is 1. The first-order valence-corrected chi connectivity index (χ1v) is 12.5. The SMILES string of the molecule is Cc1ccsc1CN(Cc1ccc(F)cc1)C(=O)CN(C(=O)Nc1c(Cl)cccc1Cl)C1CC1. The smallest absolute Gasteiger partial charge is 0.322 e. The summed E-state index contributed by atoms with van der Waals surface area (Å²) in [5, 5.41) is 5.41. The number of carbonyl (C=O) groups is 2. The molecule has 3 aromatic rings. The number of anilines is 1. The Labute approximate surface area is 212 Å². The van der Waals surface area contributed by atoms with E-state index in [1.165, 1.54) is 12.1 Å². The molecule has 1 heterocycles. The van der Waals surface area contributed by atoms with Crippen LogP contribution in [0.25, 0.3) is 0 Å². The normalized spacial score (nSPS) is 12.9. The van der Waals surface area contributed by atoms with Gasteiger partial charge in [-0.25, -0.2) is 9.18 Å². The Bertz CT molecular complexity index is 1160. The number of rotatable bonds is 8. The van der Waals surface area contributed by atoms with Crippen molar-refractivity contribution in [3.05, 3.63) is 85.8 Å². The molecule has 1 N–H and O–H groups in total. The Balaban J connectivity index is 1.52. The summed E-state index contributed by atoms with van der Waals surface area (Å²) < 4.78 is 13.4. The van der Waals surface area contributed by atoms with Crippen molar-refractivity contribution in [3.63, 3.8) is 0 Å². The number of amides is 3. The monoisotopic (exact) mass is 519 g/mol. The van der Waals surface area contributed by atoms with E-state index in [1.807, 2.05) is 18.4 Å². The van der Waals surface area contributed by atoms with Crippen molar-refractivity contribution in [3.8, 4) is 0 Å². The number of urea groups is 1. The molecule has 3 amide bonds. The number of hydrogen-bond donors (Lipinski definition) is 1. The van der Waals surface area contributed by atoms with Gasteiger partial charge in [0.05, 0.1) is 22.3 Å². The first-order chi connectivity index (χ1) is 16.3. The summed E-state index contributed by atoms with van der Waals surface area (Å²) in [7, 11) is 0. The summed E-state index contributed by atoms with van der Waals surface area (Å²) in [5.74, 6) is -0.519. The average molecular weight is 520 g/mol. The number of carbonyl (C=O) groups excluding carboxylic acids is 2. The summed E-state index contributed by atoms with van der Waals surface area (Å²) in [5.41, 5.74) is 2.24. The van der Waals surface area contributed by atoms with Crippen LogP contribution in [0.1, 0.15) is 28.8 Å². The second kappa shape index (κ2) is 10.8. The van der Waals surface area contributed by atoms with Crippen molar-refractivity contribution in [2.45, 2.75) is 38.9 Å². The van der Waals surface area contributed by atoms with Crippen LogP contribution in [-0.2, 0) is 17.9 Å². The van der Waals surface area contributed by atoms with Gasteiger partial charge in [0.15, 0.2) is 0 Å². The predicted octanol–water partition coefficient (Wildman–Crippen LogP) is 6.73. The van der Waals surface area contributed by atoms with Crippen LogP contribution in [0, 0.1) is 12.7 Å². The third kappa shape index (κ3) is 6.09. The second-order valence-corrected chi connectivity index (χ2v) is 10.1. The predicted molar refractivity (Wildman–Crippen MR) is 135 cm³/mol. The molecule has 5 nitrogen and oxygen atoms in total. The summed E-state index contributed by atoms with van der Waals surface area (Å²) >= 11 is 14.0. The Hall–Kier alpha value is -2.61. The van der Waals surface area contributed by atoms with E-state index in [2.05, 4.69) is 5.32 Å². The lowest BCUT2D eigenvalue weighted by Crippen LogP contribution is -2.45. The molecule has 1 saturated carbocycles. The van der Waals surface area contributed by atoms with Crippen LogP contribution < -0.4 is 5.32 Å². The molecule has 1 aliphatic rings. The molecule has 9 heteroatoms. The zero-order valence-electron chi connectivity index (χ0n) is 18.6. The van der Waals surface area contributed by atoms with Crippen molar-refractivity contribution in [1.29, 1.82) is 0 Å². The van der Waals surface area contributed by atoms with Crippen LogP contribution >= 0.6 is 34.5 Å². The van der Waals surface area contributed by atoms with Crippen LogP contribution in [0.5, 0.6) is 0 Å². The molecule has 1 aromatic heterocycles. The summed E-state index contributed by atoms with van der Waals surface area (Å²) in [6, 6.07) is 12.7. The first kappa shape index (κ1) is 24.5. The van der Waals surface area contributed by atoms with Gasteiger partial charge in [0.1, 0.15) is 12.4 Å². The Morgan fingerprint density at radius 2 is 1.74 bits per heavy atom. The zero-order chi connectivity index (χ0) is 24.2. The van der Waals surface area contributed by atoms with Crippen molar-refractivity contribution >= 4 is 52.2 Å². The highest BCUT2D eigenvalue weighted by Crippen LogP contribution is 2.32. The van der Waals surface area contributed by atoms with E-state index in [1.54, 1.807) is 51.5 Å². The van der Waals surface area contributed by atoms with Crippen LogP contribution in [0.4, 0.5) is 14.9 Å². The molecule has 0 radical (unpaired) electrons. The quantitative estimate of drug-likeness (QED) is 0.358. The van der Waals surface area contributed by atoms with Crippen molar-refractivity contribution in [2.75, 3.05) is 11.9 Å². The molecule has 2 aromatic carbocycles. The van der Waals surface area contributed by atoms with E-state index in [-0.39, 0.29) is 24.3 Å². The lowest BCUT2D eigenvalue weighted by Gasteiger charge is -2.28. The van der Waals surface area contributed by atoms with Crippen LogP contribution in [0.15, 0.2) is 53.9 Å². The van der Waals surface area contributed by atoms with Crippen molar-refractivity contribution in [1.82, 2.24) is 9.80 Å². The zero-order valence-corrected chi connectivity index (χ0v) is 20.9. The van der Waals surface area contributed by atoms with Gasteiger partial charge >= 0.3 is 6.03 Å². The number of para-hydroxylation sites is 1. The van der Waals surface area contributed by atoms with E-state index in [4.69, 9.17) is 23.2 Å². The number of thiophene rings is 1. The van der Waals surface area contributed by atoms with Gasteiger partial charge in [0.2, 0.25) is 5.91 Å². The van der Waals surface area contributed by atoms with Gasteiger partial charge in [-0.1, -0.05) is 41.4 Å². The van der Waals surface area contributed by atoms with Gasteiger partial charge in [-0.05, 0) is 66.6 Å². The van der Waals surface area contributed by atoms with E-state index in [0.29, 0.717) is 28.8 Å². The molecule has 0 unspecified atom stereocenters. The fourth-order valence-corrected chi connectivity index (χ4v) is 4.99. The van der Waals surface area contributed by atoms with Gasteiger partial charge in [-0.3, -0.25) is 4.79 Å². The largest absolute Gasteiger partial charge is 0.332 e. The molecular weight excluding hydrogens is 496 g/mol. The molecule has 0 aliphatic heterocycles. The van der Waals surface area contributed by atoms with Crippen LogP contribution in [-0.4, -0.2) is 34.3 Å². The fraction of sp³-hybridized carbons (Fsp3) is 0.280. The Morgan fingerprint density at radius 1 is 1.06 bits per heavy atom. The van der Waals surface area contributed by atoms with Crippen LogP contribution in [0.3, 0.4) is 0 Å². The number of halogens is 3. The maximum absolute atomic E-state index is 13.5. The number of benzene rings is 2. The molecular formula is C25H24Cl2FN3O2S. The first-order valence-electron chi connectivity index (χ1n) is 10.9. The lowest BCUT2D eigenvalue weighted by molar-refractivity contribution is -0.133. The van der Waals surface area contributed by atoms with Gasteiger partial charge < -0.3 is 15.1 Å². The summed E-state index contributed by atoms with van der Waals surface area (Å²) in [6.07, 6.45) is 1.66. The summed E-state index contributed by atoms with van der Waals surface area (Å²) in [4.78, 5) is 30.9. The molecule has 1 fully saturated rings. The standard InChI is InChI=1S/C25H24Cl2FN3O2S/c1-16-11-12-34-22(16)14-30(13-17-5-7-18(28)8-6-17)23(32)15-31(19-9-10-19)25(33)29-24-20(26)3-2-4-21(24)27/h2-8,11-12,19H,9-10,13-15H2,1H3,(H,29,33). The third-order valence-electron chi connectivity index (χ3n) is 5.69. The topological polar surface area (TPSA) is 52.7 Å². The molecule has 178 valence electrons. The van der Waals surface area contributed by atoms with E-state index in [9.17, 15) is 14.0 Å². The molecule has 34 heavy (non-hydrogen) atoms. The molecule has 4 rings (SSSR count). The Morgan fingerprint density at radius 3 is 2.32 bits per heavy atom. The number of hydrogen-bond acceptors (Lipinski definition) is 3. The highest BCUT2D eigenvalue weighted by atomic mass is 35.5. The fourth-order valence-electron chi connectivity index (χ4n) is 3.58. The van der Waals surface area contributed by atoms with Gasteiger partial charge in [0, 0.05) is 17.5 Å². The van der Waals surface area contributed by atoms with Crippen molar-refractivity contribution < 1.29 is 14.0 Å². The van der Waals surface area contributed by atoms with E-state index >= 15 is 0 Å². The number of nitrogens with one attached hydrogen (secondary N) is 1. The minimum atomic E-state index is -0.417. The highest BCUT2D eigenvalue weighted by molar-refractivity contribution is 7.10. The molecule has 1 aliphatic carbocycles. The molecule has 0 spiro atoms. The maximum atomic E-state index is 13.5. The van der Waals surface area contributed by atoms with Gasteiger partial charge in [0.25, 0.3) is 0 Å². The third-order valence-corrected chi connectivity index (χ3v) is 7.33. The summed E-state index contributed by atoms with van der Waals surface area (Å²) in [6.45, 7) is 2.65. The minimum absolute atomic E-state index is 0.0126. The molecule has 0 saturated heterocycles. The van der Waals surface area contributed by atoms with E-state index in [0.717, 1.165) is 28.8 Å².